The van der Waals surface area contributed by atoms with Gasteiger partial charge in [0.2, 0.25) is 0 Å². The SMILES string of the molecule is C1=Cc2c(n(-c3cccc4sc5cc(-c6cccc7c8c(oc67)=C(c6nc(-c7ccccc7)nc(-c7ccccc7)n6)CCC=8)ccc5c34)c3ccccc23)CC1. The van der Waals surface area contributed by atoms with Crippen LogP contribution in [-0.2, 0) is 6.42 Å². The van der Waals surface area contributed by atoms with Gasteiger partial charge in [0.15, 0.2) is 17.5 Å². The second-order valence-electron chi connectivity index (χ2n) is 14.9. The van der Waals surface area contributed by atoms with Gasteiger partial charge >= 0.3 is 0 Å². The van der Waals surface area contributed by atoms with Gasteiger partial charge in [0.1, 0.15) is 11.0 Å². The number of hydrogen-bond acceptors (Lipinski definition) is 5. The molecule has 0 atom stereocenters. The molecule has 0 unspecified atom stereocenters. The maximum atomic E-state index is 6.99. The van der Waals surface area contributed by atoms with Crippen LogP contribution in [0.4, 0.5) is 0 Å². The maximum absolute atomic E-state index is 6.99. The van der Waals surface area contributed by atoms with Crippen LogP contribution in [0.15, 0.2) is 150 Å². The Morgan fingerprint density at radius 2 is 1.32 bits per heavy atom. The van der Waals surface area contributed by atoms with Crippen molar-refractivity contribution in [2.75, 3.05) is 0 Å². The van der Waals surface area contributed by atoms with Crippen molar-refractivity contribution in [1.82, 2.24) is 19.5 Å². The van der Waals surface area contributed by atoms with Crippen LogP contribution in [0.5, 0.6) is 0 Å². The van der Waals surface area contributed by atoms with Crippen LogP contribution in [0.3, 0.4) is 0 Å². The van der Waals surface area contributed by atoms with E-state index in [1.165, 1.54) is 48.0 Å². The molecular formula is C51H34N4OS. The lowest BCUT2D eigenvalue weighted by Crippen LogP contribution is -2.27. The van der Waals surface area contributed by atoms with E-state index < -0.39 is 0 Å². The highest BCUT2D eigenvalue weighted by Crippen LogP contribution is 2.43. The Balaban J connectivity index is 1.03. The third kappa shape index (κ3) is 5.11. The van der Waals surface area contributed by atoms with E-state index in [9.17, 15) is 0 Å². The Morgan fingerprint density at radius 3 is 2.14 bits per heavy atom. The van der Waals surface area contributed by atoms with Crippen molar-refractivity contribution in [1.29, 1.82) is 0 Å². The van der Waals surface area contributed by atoms with E-state index in [2.05, 4.69) is 102 Å². The molecule has 0 bridgehead atoms. The Morgan fingerprint density at radius 1 is 0.579 bits per heavy atom. The topological polar surface area (TPSA) is 56.7 Å². The highest BCUT2D eigenvalue weighted by molar-refractivity contribution is 7.26. The molecule has 0 saturated heterocycles. The Bertz CT molecular complexity index is 3350. The molecule has 0 fully saturated rings. The summed E-state index contributed by atoms with van der Waals surface area (Å²) in [6.07, 6.45) is 10.7. The number of aromatic nitrogens is 4. The standard InChI is InChI=1S/C51H34N4OS/c1-3-14-31(15-4-1)49-52-50(32-16-5-2-6-17-32)54-51(53-49)40-23-12-22-38-37-21-11-20-34(47(37)56-48(38)40)33-28-29-39-45(30-33)57-44-27-13-26-43(46(39)44)55-41-24-9-7-18-35(41)36-19-8-10-25-42(36)55/h1-9,11,13-22,24,26-30H,10,12,23,25H2. The van der Waals surface area contributed by atoms with Crippen molar-refractivity contribution in [2.45, 2.75) is 25.7 Å². The zero-order chi connectivity index (χ0) is 37.5. The van der Waals surface area contributed by atoms with Crippen molar-refractivity contribution in [3.63, 3.8) is 0 Å². The van der Waals surface area contributed by atoms with E-state index in [0.717, 1.165) is 75.1 Å². The third-order valence-electron chi connectivity index (χ3n) is 11.6. The van der Waals surface area contributed by atoms with Crippen molar-refractivity contribution >= 4 is 71.1 Å². The van der Waals surface area contributed by atoms with Crippen LogP contribution in [0, 0.1) is 0 Å². The van der Waals surface area contributed by atoms with E-state index in [1.54, 1.807) is 0 Å². The number of allylic oxidation sites excluding steroid dienone is 1. The summed E-state index contributed by atoms with van der Waals surface area (Å²) in [5.74, 6) is 1.97. The van der Waals surface area contributed by atoms with Crippen molar-refractivity contribution < 1.29 is 4.42 Å². The molecule has 0 spiro atoms. The lowest BCUT2D eigenvalue weighted by Gasteiger charge is -2.15. The summed E-state index contributed by atoms with van der Waals surface area (Å²) in [5, 5.41) is 6.13. The largest absolute Gasteiger partial charge is 0.455 e. The summed E-state index contributed by atoms with van der Waals surface area (Å²) in [6, 6.07) is 49.4. The molecule has 6 heteroatoms. The summed E-state index contributed by atoms with van der Waals surface area (Å²) in [7, 11) is 0. The highest BCUT2D eigenvalue weighted by atomic mass is 32.1. The quantitative estimate of drug-likeness (QED) is 0.176. The molecule has 0 N–H and O–H groups in total. The van der Waals surface area contributed by atoms with Crippen LogP contribution in [0.25, 0.3) is 99.4 Å². The van der Waals surface area contributed by atoms with Crippen LogP contribution < -0.4 is 10.6 Å². The molecule has 4 aromatic heterocycles. The second kappa shape index (κ2) is 12.8. The average Bonchev–Trinajstić information content (AvgIpc) is 3.96. The number of fused-ring (bicyclic) bond motifs is 9. The fraction of sp³-hybridized carbons (Fsp3) is 0.0784. The monoisotopic (exact) mass is 750 g/mol. The molecule has 6 aromatic carbocycles. The van der Waals surface area contributed by atoms with Crippen LogP contribution in [-0.4, -0.2) is 19.5 Å². The second-order valence-corrected chi connectivity index (χ2v) is 16.0. The average molecular weight is 751 g/mol. The molecule has 0 amide bonds. The predicted octanol–water partition coefficient (Wildman–Crippen LogP) is 11.7. The van der Waals surface area contributed by atoms with Gasteiger partial charge in [-0.25, -0.2) is 15.0 Å². The maximum Gasteiger partial charge on any atom is 0.164 e. The molecule has 4 heterocycles. The molecule has 270 valence electrons. The van der Waals surface area contributed by atoms with Gasteiger partial charge in [-0.15, -0.1) is 11.3 Å². The first kappa shape index (κ1) is 32.4. The molecule has 2 aliphatic rings. The lowest BCUT2D eigenvalue weighted by atomic mass is 9.99. The molecule has 2 aliphatic carbocycles. The minimum Gasteiger partial charge on any atom is -0.455 e. The zero-order valence-electron chi connectivity index (χ0n) is 30.9. The van der Waals surface area contributed by atoms with Crippen molar-refractivity contribution in [3.05, 3.63) is 173 Å². The number of benzene rings is 6. The molecule has 0 radical (unpaired) electrons. The van der Waals surface area contributed by atoms with E-state index in [-0.39, 0.29) is 0 Å². The van der Waals surface area contributed by atoms with Crippen LogP contribution in [0.1, 0.15) is 36.3 Å². The van der Waals surface area contributed by atoms with Crippen LogP contribution in [0.2, 0.25) is 0 Å². The molecule has 0 saturated carbocycles. The molecule has 12 rings (SSSR count). The van der Waals surface area contributed by atoms with Gasteiger partial charge in [-0.1, -0.05) is 133 Å². The molecular weight excluding hydrogens is 717 g/mol. The highest BCUT2D eigenvalue weighted by Gasteiger charge is 2.23. The minimum atomic E-state index is 0.654. The first-order valence-electron chi connectivity index (χ1n) is 19.6. The smallest absolute Gasteiger partial charge is 0.164 e. The van der Waals surface area contributed by atoms with E-state index in [0.29, 0.717) is 17.5 Å². The van der Waals surface area contributed by atoms with Crippen molar-refractivity contribution in [2.24, 2.45) is 0 Å². The number of thiophene rings is 1. The number of hydrogen-bond donors (Lipinski definition) is 0. The fourth-order valence-corrected chi connectivity index (χ4v) is 10.2. The van der Waals surface area contributed by atoms with E-state index in [1.807, 2.05) is 72.0 Å². The summed E-state index contributed by atoms with van der Waals surface area (Å²) in [4.78, 5) is 15.1. The van der Waals surface area contributed by atoms with Gasteiger partial charge in [-0.05, 0) is 55.5 Å². The Labute approximate surface area is 332 Å². The normalized spacial score (nSPS) is 13.7. The number of furan rings is 1. The van der Waals surface area contributed by atoms with Crippen LogP contribution >= 0.6 is 11.3 Å². The summed E-state index contributed by atoms with van der Waals surface area (Å²) in [6.45, 7) is 0. The van der Waals surface area contributed by atoms with E-state index >= 15 is 0 Å². The van der Waals surface area contributed by atoms with Crippen molar-refractivity contribution in [3.8, 4) is 39.6 Å². The summed E-state index contributed by atoms with van der Waals surface area (Å²) in [5.41, 5.74) is 12.1. The van der Waals surface area contributed by atoms with Gasteiger partial charge in [0.05, 0.1) is 11.2 Å². The Hall–Kier alpha value is -6.89. The lowest BCUT2D eigenvalue weighted by molar-refractivity contribution is 0.568. The van der Waals surface area contributed by atoms with Gasteiger partial charge in [-0.2, -0.15) is 0 Å². The van der Waals surface area contributed by atoms with Gasteiger partial charge < -0.3 is 8.98 Å². The first-order chi connectivity index (χ1) is 28.3. The summed E-state index contributed by atoms with van der Waals surface area (Å²) < 4.78 is 12.1. The molecule has 10 aromatic rings. The predicted molar refractivity (Wildman–Crippen MR) is 235 cm³/mol. The number of rotatable bonds is 5. The number of nitrogens with zero attached hydrogens (tertiary/aromatic N) is 4. The van der Waals surface area contributed by atoms with Gasteiger partial charge in [0.25, 0.3) is 0 Å². The number of para-hydroxylation sites is 2. The molecule has 57 heavy (non-hydrogen) atoms. The van der Waals surface area contributed by atoms with Gasteiger partial charge in [-0.3, -0.25) is 0 Å². The zero-order valence-corrected chi connectivity index (χ0v) is 31.8. The molecule has 5 nitrogen and oxygen atoms in total. The third-order valence-corrected chi connectivity index (χ3v) is 12.7. The minimum absolute atomic E-state index is 0.654. The van der Waals surface area contributed by atoms with Gasteiger partial charge in [0, 0.05) is 69.7 Å². The Kier molecular flexibility index (Phi) is 7.29. The first-order valence-corrected chi connectivity index (χ1v) is 20.5. The fourth-order valence-electron chi connectivity index (χ4n) is 9.03. The summed E-state index contributed by atoms with van der Waals surface area (Å²) >= 11 is 1.86. The van der Waals surface area contributed by atoms with E-state index in [4.69, 9.17) is 19.4 Å². The molecule has 0 aliphatic heterocycles.